The Bertz CT molecular complexity index is 850. The molecule has 1 unspecified atom stereocenters. The molecular weight excluding hydrogens is 393 g/mol. The summed E-state index contributed by atoms with van der Waals surface area (Å²) in [5.74, 6) is -0.779. The molecule has 5 nitrogen and oxygen atoms in total. The van der Waals surface area contributed by atoms with Crippen molar-refractivity contribution in [2.75, 3.05) is 13.2 Å². The number of para-hydroxylation sites is 1. The van der Waals surface area contributed by atoms with Crippen LogP contribution in [-0.4, -0.2) is 41.9 Å². The topological polar surface area (TPSA) is 74.6 Å². The van der Waals surface area contributed by atoms with E-state index in [0.29, 0.717) is 19.3 Å². The average Bonchev–Trinajstić information content (AvgIpc) is 2.80. The summed E-state index contributed by atoms with van der Waals surface area (Å²) >= 11 is 0. The van der Waals surface area contributed by atoms with Crippen molar-refractivity contribution in [1.29, 1.82) is 0 Å². The maximum absolute atomic E-state index is 14.2. The van der Waals surface area contributed by atoms with E-state index in [-0.39, 0.29) is 29.8 Å². The van der Waals surface area contributed by atoms with Crippen LogP contribution in [0, 0.1) is 5.82 Å². The normalized spacial score (nSPS) is 11.5. The minimum Gasteiger partial charge on any atom is -0.396 e. The number of carbonyl (C=O) groups excluding carboxylic acids is 1. The fourth-order valence-corrected chi connectivity index (χ4v) is 2.74. The van der Waals surface area contributed by atoms with Crippen LogP contribution in [0.1, 0.15) is 70.4 Å². The fourth-order valence-electron chi connectivity index (χ4n) is 2.74. The summed E-state index contributed by atoms with van der Waals surface area (Å²) < 4.78 is 14.2. The lowest BCUT2D eigenvalue weighted by atomic mass is 10.00. The van der Waals surface area contributed by atoms with Crippen LogP contribution < -0.4 is 5.32 Å². The Morgan fingerprint density at radius 3 is 2.52 bits per heavy atom. The summed E-state index contributed by atoms with van der Waals surface area (Å²) in [7, 11) is 0. The van der Waals surface area contributed by atoms with Crippen molar-refractivity contribution < 1.29 is 14.3 Å². The van der Waals surface area contributed by atoms with Crippen molar-refractivity contribution in [1.82, 2.24) is 10.3 Å². The third-order valence-electron chi connectivity index (χ3n) is 4.60. The molecule has 0 aliphatic heterocycles. The number of pyridine rings is 1. The highest BCUT2D eigenvalue weighted by Crippen LogP contribution is 2.23. The number of allylic oxidation sites excluding steroid dienone is 2. The van der Waals surface area contributed by atoms with Gasteiger partial charge in [0.1, 0.15) is 17.0 Å². The lowest BCUT2D eigenvalue weighted by Crippen LogP contribution is -2.35. The highest BCUT2D eigenvalue weighted by atomic mass is 19.1. The molecule has 172 valence electrons. The number of benzene rings is 1. The molecule has 0 aliphatic carbocycles. The Morgan fingerprint density at radius 1 is 1.35 bits per heavy atom. The molecule has 0 aliphatic rings. The van der Waals surface area contributed by atoms with Gasteiger partial charge in [-0.05, 0) is 64.4 Å². The number of halogens is 1. The zero-order valence-electron chi connectivity index (χ0n) is 19.8. The van der Waals surface area contributed by atoms with E-state index in [1.165, 1.54) is 6.07 Å². The van der Waals surface area contributed by atoms with E-state index in [1.54, 1.807) is 12.1 Å². The molecule has 1 amide bonds. The summed E-state index contributed by atoms with van der Waals surface area (Å²) in [5, 5.41) is 12.7. The van der Waals surface area contributed by atoms with Gasteiger partial charge in [-0.2, -0.15) is 0 Å². The molecule has 1 heterocycles. The monoisotopic (exact) mass is 431 g/mol. The van der Waals surface area contributed by atoms with Crippen LogP contribution in [-0.2, 0) is 6.42 Å². The molecular formula is C25H38FN3O2. The van der Waals surface area contributed by atoms with Gasteiger partial charge in [-0.3, -0.25) is 4.79 Å². The molecule has 0 saturated heterocycles. The van der Waals surface area contributed by atoms with Gasteiger partial charge in [0.05, 0.1) is 0 Å². The van der Waals surface area contributed by atoms with E-state index in [1.807, 2.05) is 53.7 Å². The Hall–Kier alpha value is -2.60. The van der Waals surface area contributed by atoms with Crippen molar-refractivity contribution in [3.05, 3.63) is 53.0 Å². The molecule has 1 aromatic carbocycles. The average molecular weight is 432 g/mol. The second-order valence-electron chi connectivity index (χ2n) is 6.75. The molecule has 1 aromatic heterocycles. The lowest BCUT2D eigenvalue weighted by Gasteiger charge is -2.16. The molecule has 1 atom stereocenters. The summed E-state index contributed by atoms with van der Waals surface area (Å²) in [6.45, 7) is 15.9. The minimum absolute atomic E-state index is 0.00427. The van der Waals surface area contributed by atoms with Gasteiger partial charge in [-0.15, -0.1) is 0 Å². The summed E-state index contributed by atoms with van der Waals surface area (Å²) in [6, 6.07) is 6.43. The first-order valence-electron chi connectivity index (χ1n) is 11.0. The van der Waals surface area contributed by atoms with Crippen molar-refractivity contribution in [3.8, 4) is 0 Å². The zero-order valence-corrected chi connectivity index (χ0v) is 19.8. The van der Waals surface area contributed by atoms with Crippen LogP contribution in [0.5, 0.6) is 0 Å². The van der Waals surface area contributed by atoms with Crippen molar-refractivity contribution in [2.24, 2.45) is 4.99 Å². The van der Waals surface area contributed by atoms with Gasteiger partial charge in [-0.1, -0.05) is 44.6 Å². The number of aliphatic hydroxyl groups is 1. The first-order chi connectivity index (χ1) is 14.9. The number of hydrogen-bond acceptors (Lipinski definition) is 4. The van der Waals surface area contributed by atoms with Crippen LogP contribution in [0.2, 0.25) is 0 Å². The van der Waals surface area contributed by atoms with Gasteiger partial charge in [0.25, 0.3) is 5.91 Å². The number of rotatable bonds is 8. The lowest BCUT2D eigenvalue weighted by molar-refractivity contribution is 0.0924. The molecule has 2 N–H and O–H groups in total. The number of aliphatic hydroxyl groups excluding tert-OH is 1. The Labute approximate surface area is 186 Å². The van der Waals surface area contributed by atoms with Crippen LogP contribution in [0.3, 0.4) is 0 Å². The summed E-state index contributed by atoms with van der Waals surface area (Å²) in [5.41, 5.74) is 2.42. The molecule has 2 rings (SSSR count). The van der Waals surface area contributed by atoms with Crippen molar-refractivity contribution >= 4 is 23.5 Å². The number of nitrogens with zero attached hydrogens (tertiary/aromatic N) is 2. The molecule has 6 heteroatoms. The van der Waals surface area contributed by atoms with Crippen molar-refractivity contribution in [3.63, 3.8) is 0 Å². The Balaban J connectivity index is 0.00000134. The molecule has 0 radical (unpaired) electrons. The number of amides is 1. The van der Waals surface area contributed by atoms with Gasteiger partial charge in [0.15, 0.2) is 0 Å². The predicted octanol–water partition coefficient (Wildman–Crippen LogP) is 5.51. The van der Waals surface area contributed by atoms with E-state index in [2.05, 4.69) is 22.0 Å². The van der Waals surface area contributed by atoms with E-state index < -0.39 is 5.82 Å². The first-order valence-corrected chi connectivity index (χ1v) is 11.0. The number of aromatic nitrogens is 1. The number of aliphatic imine (C=N–C) groups is 1. The molecule has 2 aromatic rings. The number of nitrogens with one attached hydrogen (secondary N) is 1. The maximum atomic E-state index is 14.2. The summed E-state index contributed by atoms with van der Waals surface area (Å²) in [6.07, 6.45) is 3.82. The van der Waals surface area contributed by atoms with Crippen molar-refractivity contribution in [2.45, 2.75) is 66.8 Å². The quantitative estimate of drug-likeness (QED) is 0.428. The van der Waals surface area contributed by atoms with Gasteiger partial charge in [-0.25, -0.2) is 9.37 Å². The second kappa shape index (κ2) is 16.1. The first kappa shape index (κ1) is 28.4. The number of fused-ring (bicyclic) bond motifs is 1. The van der Waals surface area contributed by atoms with E-state index in [4.69, 9.17) is 5.11 Å². The van der Waals surface area contributed by atoms with Crippen LogP contribution >= 0.6 is 0 Å². The Morgan fingerprint density at radius 2 is 2.00 bits per heavy atom. The largest absolute Gasteiger partial charge is 0.396 e. The highest BCUT2D eigenvalue weighted by molar-refractivity contribution is 5.96. The molecule has 31 heavy (non-hydrogen) atoms. The van der Waals surface area contributed by atoms with Gasteiger partial charge in [0, 0.05) is 24.6 Å². The van der Waals surface area contributed by atoms with Gasteiger partial charge >= 0.3 is 0 Å². The maximum Gasteiger partial charge on any atom is 0.270 e. The van der Waals surface area contributed by atoms with E-state index in [9.17, 15) is 9.18 Å². The number of carbonyl (C=O) groups is 1. The fraction of sp³-hybridized carbons (Fsp3) is 0.480. The minimum atomic E-state index is -0.436. The highest BCUT2D eigenvalue weighted by Gasteiger charge is 2.17. The van der Waals surface area contributed by atoms with Crippen LogP contribution in [0.25, 0.3) is 10.9 Å². The zero-order chi connectivity index (χ0) is 23.8. The third kappa shape index (κ3) is 9.39. The van der Waals surface area contributed by atoms with Gasteiger partial charge in [0.2, 0.25) is 0 Å². The standard InChI is InChI=1S/C20H25FN2O2.C3H7N.C2H6/c1-4-13(3)11-14-12-18(20(25)22-15(5-2)9-10-24)23-19-16(14)7-6-8-17(19)21;1-3-4-2;1-2/h4,6-8,12,15,24H,5,9-11H2,1-3H3,(H,22,25);2-3H2,1H3;1-2H3/b13-4+;;. The Kier molecular flexibility index (Phi) is 14.8. The van der Waals surface area contributed by atoms with Crippen LogP contribution in [0.15, 0.2) is 40.9 Å². The number of hydrogen-bond donors (Lipinski definition) is 2. The molecule has 0 bridgehead atoms. The smallest absolute Gasteiger partial charge is 0.270 e. The molecule has 0 spiro atoms. The predicted molar refractivity (Wildman–Crippen MR) is 130 cm³/mol. The molecule has 0 saturated carbocycles. The molecule has 0 fully saturated rings. The van der Waals surface area contributed by atoms with E-state index >= 15 is 0 Å². The third-order valence-corrected chi connectivity index (χ3v) is 4.60. The van der Waals surface area contributed by atoms with Crippen LogP contribution in [0.4, 0.5) is 4.39 Å². The SMILES string of the molecule is C/C=C(\C)Cc1cc(C(=O)NC(CC)CCO)nc2c(F)cccc12.C=NCC.CC. The summed E-state index contributed by atoms with van der Waals surface area (Å²) in [4.78, 5) is 20.3. The second-order valence-corrected chi connectivity index (χ2v) is 6.75. The van der Waals surface area contributed by atoms with E-state index in [0.717, 1.165) is 23.1 Å². The van der Waals surface area contributed by atoms with Gasteiger partial charge < -0.3 is 15.4 Å².